The maximum atomic E-state index is 6.08. The highest BCUT2D eigenvalue weighted by atomic mass is 35.5. The monoisotopic (exact) mass is 333 g/mol. The van der Waals surface area contributed by atoms with Crippen molar-refractivity contribution >= 4 is 28.9 Å². The Morgan fingerprint density at radius 1 is 1.39 bits per heavy atom. The van der Waals surface area contributed by atoms with Crippen LogP contribution in [-0.4, -0.2) is 32.1 Å². The lowest BCUT2D eigenvalue weighted by Gasteiger charge is -2.15. The van der Waals surface area contributed by atoms with Crippen molar-refractivity contribution in [3.8, 4) is 5.75 Å². The van der Waals surface area contributed by atoms with Gasteiger partial charge in [-0.05, 0) is 30.3 Å². The Balaban J connectivity index is 2.08. The summed E-state index contributed by atoms with van der Waals surface area (Å²) in [5.41, 5.74) is 8.53. The van der Waals surface area contributed by atoms with E-state index in [0.29, 0.717) is 23.3 Å². The summed E-state index contributed by atoms with van der Waals surface area (Å²) < 4.78 is 5.11. The van der Waals surface area contributed by atoms with Gasteiger partial charge in [0, 0.05) is 26.0 Å². The third-order valence-electron chi connectivity index (χ3n) is 3.17. The minimum absolute atomic E-state index is 0.293. The number of pyridine rings is 1. The molecule has 0 spiro atoms. The molecule has 0 unspecified atom stereocenters. The number of hydrogen-bond acceptors (Lipinski definition) is 4. The number of nitrogens with two attached hydrogens (primary N) is 1. The van der Waals surface area contributed by atoms with Crippen LogP contribution >= 0.6 is 11.6 Å². The lowest BCUT2D eigenvalue weighted by molar-refractivity contribution is 0.415. The zero-order valence-electron chi connectivity index (χ0n) is 13.4. The third kappa shape index (κ3) is 4.50. The second-order valence-electron chi connectivity index (χ2n) is 5.04. The molecule has 23 heavy (non-hydrogen) atoms. The first-order chi connectivity index (χ1) is 11.0. The summed E-state index contributed by atoms with van der Waals surface area (Å²) in [6.07, 6.45) is 1.74. The normalized spacial score (nSPS) is 11.2. The molecule has 0 radical (unpaired) electrons. The maximum absolute atomic E-state index is 6.08. The molecule has 122 valence electrons. The van der Waals surface area contributed by atoms with Gasteiger partial charge in [-0.2, -0.15) is 0 Å². The highest BCUT2D eigenvalue weighted by Gasteiger charge is 2.05. The van der Waals surface area contributed by atoms with E-state index in [4.69, 9.17) is 22.1 Å². The predicted molar refractivity (Wildman–Crippen MR) is 95.5 cm³/mol. The predicted octanol–water partition coefficient (Wildman–Crippen LogP) is 2.74. The Bertz CT molecular complexity index is 703. The van der Waals surface area contributed by atoms with Crippen LogP contribution < -0.4 is 20.7 Å². The SMILES string of the molecule is COc1ccc(NC(N)=NCc2ncccc2N(C)C)cc1Cl. The van der Waals surface area contributed by atoms with E-state index in [1.807, 2.05) is 37.2 Å². The van der Waals surface area contributed by atoms with E-state index < -0.39 is 0 Å². The molecule has 2 aromatic rings. The molecular weight excluding hydrogens is 314 g/mol. The number of methoxy groups -OCH3 is 1. The molecule has 0 amide bonds. The zero-order valence-corrected chi connectivity index (χ0v) is 14.1. The summed E-state index contributed by atoms with van der Waals surface area (Å²) in [7, 11) is 5.50. The lowest BCUT2D eigenvalue weighted by Crippen LogP contribution is -2.23. The number of benzene rings is 1. The summed E-state index contributed by atoms with van der Waals surface area (Å²) in [4.78, 5) is 10.7. The molecule has 0 aliphatic carbocycles. The number of nitrogens with one attached hydrogen (secondary N) is 1. The molecule has 1 heterocycles. The van der Waals surface area contributed by atoms with Crippen LogP contribution in [0.4, 0.5) is 11.4 Å². The van der Waals surface area contributed by atoms with Gasteiger partial charge in [-0.3, -0.25) is 4.98 Å². The van der Waals surface area contributed by atoms with Gasteiger partial charge in [0.1, 0.15) is 5.75 Å². The largest absolute Gasteiger partial charge is 0.495 e. The van der Waals surface area contributed by atoms with Crippen molar-refractivity contribution in [2.24, 2.45) is 10.7 Å². The molecule has 0 fully saturated rings. The van der Waals surface area contributed by atoms with Crippen molar-refractivity contribution < 1.29 is 4.74 Å². The fourth-order valence-electron chi connectivity index (χ4n) is 2.05. The van der Waals surface area contributed by atoms with Gasteiger partial charge in [0.05, 0.1) is 30.1 Å². The molecule has 3 N–H and O–H groups in total. The average Bonchev–Trinajstić information content (AvgIpc) is 2.53. The molecule has 0 bridgehead atoms. The average molecular weight is 334 g/mol. The molecule has 6 nitrogen and oxygen atoms in total. The van der Waals surface area contributed by atoms with Crippen LogP contribution in [-0.2, 0) is 6.54 Å². The smallest absolute Gasteiger partial charge is 0.193 e. The number of nitrogens with zero attached hydrogens (tertiary/aromatic N) is 3. The molecule has 0 saturated carbocycles. The van der Waals surface area contributed by atoms with Crippen molar-refractivity contribution in [1.82, 2.24) is 4.98 Å². The Morgan fingerprint density at radius 3 is 2.83 bits per heavy atom. The highest BCUT2D eigenvalue weighted by Crippen LogP contribution is 2.27. The van der Waals surface area contributed by atoms with Crippen molar-refractivity contribution in [1.29, 1.82) is 0 Å². The summed E-state index contributed by atoms with van der Waals surface area (Å²) in [6.45, 7) is 0.386. The maximum Gasteiger partial charge on any atom is 0.193 e. The quantitative estimate of drug-likeness (QED) is 0.650. The molecule has 0 saturated heterocycles. The van der Waals surface area contributed by atoms with Crippen molar-refractivity contribution in [2.45, 2.75) is 6.54 Å². The van der Waals surface area contributed by atoms with Gasteiger partial charge >= 0.3 is 0 Å². The first kappa shape index (κ1) is 16.9. The second kappa shape index (κ2) is 7.69. The van der Waals surface area contributed by atoms with Crippen LogP contribution in [0.15, 0.2) is 41.5 Å². The van der Waals surface area contributed by atoms with Gasteiger partial charge in [-0.1, -0.05) is 11.6 Å². The summed E-state index contributed by atoms with van der Waals surface area (Å²) >= 11 is 6.08. The van der Waals surface area contributed by atoms with E-state index in [2.05, 4.69) is 15.3 Å². The third-order valence-corrected chi connectivity index (χ3v) is 3.47. The standard InChI is InChI=1S/C16H20ClN5O/c1-22(2)14-5-4-8-19-13(14)10-20-16(18)21-11-6-7-15(23-3)12(17)9-11/h4-9H,10H2,1-3H3,(H3,18,20,21). The Morgan fingerprint density at radius 2 is 2.17 bits per heavy atom. The first-order valence-electron chi connectivity index (χ1n) is 7.03. The molecular formula is C16H20ClN5O. The molecule has 0 aliphatic heterocycles. The fraction of sp³-hybridized carbons (Fsp3) is 0.250. The van der Waals surface area contributed by atoms with Gasteiger partial charge in [-0.15, -0.1) is 0 Å². The van der Waals surface area contributed by atoms with Crippen LogP contribution in [0.1, 0.15) is 5.69 Å². The summed E-state index contributed by atoms with van der Waals surface area (Å²) in [6, 6.07) is 9.20. The van der Waals surface area contributed by atoms with Crippen LogP contribution in [0.25, 0.3) is 0 Å². The second-order valence-corrected chi connectivity index (χ2v) is 5.45. The minimum Gasteiger partial charge on any atom is -0.495 e. The molecule has 7 heteroatoms. The van der Waals surface area contributed by atoms with E-state index in [1.54, 1.807) is 25.4 Å². The van der Waals surface area contributed by atoms with E-state index >= 15 is 0 Å². The zero-order chi connectivity index (χ0) is 16.8. The number of anilines is 2. The number of hydrogen-bond donors (Lipinski definition) is 2. The van der Waals surface area contributed by atoms with Crippen molar-refractivity contribution in [3.05, 3.63) is 47.2 Å². The summed E-state index contributed by atoms with van der Waals surface area (Å²) in [5.74, 6) is 0.901. The van der Waals surface area contributed by atoms with Crippen molar-refractivity contribution in [2.75, 3.05) is 31.4 Å². The fourth-order valence-corrected chi connectivity index (χ4v) is 2.31. The topological polar surface area (TPSA) is 75.8 Å². The molecule has 2 rings (SSSR count). The van der Waals surface area contributed by atoms with Gasteiger partial charge in [0.2, 0.25) is 0 Å². The lowest BCUT2D eigenvalue weighted by atomic mass is 10.3. The van der Waals surface area contributed by atoms with Gasteiger partial charge in [0.25, 0.3) is 0 Å². The van der Waals surface area contributed by atoms with Crippen molar-refractivity contribution in [3.63, 3.8) is 0 Å². The number of aromatic nitrogens is 1. The van der Waals surface area contributed by atoms with Crippen LogP contribution in [0, 0.1) is 0 Å². The number of ether oxygens (including phenoxy) is 1. The highest BCUT2D eigenvalue weighted by molar-refractivity contribution is 6.32. The number of aliphatic imine (C=N–C) groups is 1. The Labute approximate surface area is 140 Å². The van der Waals surface area contributed by atoms with E-state index in [9.17, 15) is 0 Å². The van der Waals surface area contributed by atoms with Crippen LogP contribution in [0.3, 0.4) is 0 Å². The van der Waals surface area contributed by atoms with E-state index in [0.717, 1.165) is 17.1 Å². The number of guanidine groups is 1. The van der Waals surface area contributed by atoms with Gasteiger partial charge in [-0.25, -0.2) is 4.99 Å². The Kier molecular flexibility index (Phi) is 5.65. The molecule has 0 atom stereocenters. The van der Waals surface area contributed by atoms with E-state index in [1.165, 1.54) is 0 Å². The molecule has 0 aliphatic rings. The number of rotatable bonds is 5. The Hall–Kier alpha value is -2.47. The van der Waals surface area contributed by atoms with Gasteiger partial charge in [0.15, 0.2) is 5.96 Å². The van der Waals surface area contributed by atoms with Crippen LogP contribution in [0.2, 0.25) is 5.02 Å². The van der Waals surface area contributed by atoms with Gasteiger partial charge < -0.3 is 20.7 Å². The first-order valence-corrected chi connectivity index (χ1v) is 7.40. The number of halogens is 1. The molecule has 1 aromatic carbocycles. The molecule has 1 aromatic heterocycles. The van der Waals surface area contributed by atoms with Crippen LogP contribution in [0.5, 0.6) is 5.75 Å². The minimum atomic E-state index is 0.293. The summed E-state index contributed by atoms with van der Waals surface area (Å²) in [5, 5.41) is 3.50. The van der Waals surface area contributed by atoms with E-state index in [-0.39, 0.29) is 0 Å².